The van der Waals surface area contributed by atoms with Gasteiger partial charge >= 0.3 is 5.97 Å². The van der Waals surface area contributed by atoms with Crippen molar-refractivity contribution in [3.05, 3.63) is 101 Å². The summed E-state index contributed by atoms with van der Waals surface area (Å²) in [5.74, 6) is 0.181. The molecule has 0 aliphatic carbocycles. The quantitative estimate of drug-likeness (QED) is 0.215. The van der Waals surface area contributed by atoms with Crippen molar-refractivity contribution >= 4 is 84.6 Å². The first-order valence-electron chi connectivity index (χ1n) is 9.14. The van der Waals surface area contributed by atoms with E-state index in [1.807, 2.05) is 36.4 Å². The fourth-order valence-electron chi connectivity index (χ4n) is 2.93. The molecule has 3 aromatic rings. The number of benzene rings is 3. The number of hydrogen-bond donors (Lipinski definition) is 0. The number of cyclic esters (lactones) is 1. The van der Waals surface area contributed by atoms with Crippen LogP contribution in [0.3, 0.4) is 0 Å². The summed E-state index contributed by atoms with van der Waals surface area (Å²) in [6, 6.07) is 16.0. The fourth-order valence-corrected chi connectivity index (χ4v) is 5.08. The highest BCUT2D eigenvalue weighted by molar-refractivity contribution is 9.11. The van der Waals surface area contributed by atoms with E-state index < -0.39 is 5.97 Å². The van der Waals surface area contributed by atoms with Crippen LogP contribution in [-0.2, 0) is 16.1 Å². The Morgan fingerprint density at radius 2 is 1.69 bits per heavy atom. The minimum Gasteiger partial charge on any atom is -0.487 e. The van der Waals surface area contributed by atoms with Crippen LogP contribution in [-0.4, -0.2) is 11.9 Å². The summed E-state index contributed by atoms with van der Waals surface area (Å²) in [4.78, 5) is 16.6. The Bertz CT molecular complexity index is 1270. The molecule has 0 saturated carbocycles. The molecule has 1 aliphatic rings. The van der Waals surface area contributed by atoms with Crippen LogP contribution in [0.25, 0.3) is 6.08 Å². The first-order valence-corrected chi connectivity index (χ1v) is 11.9. The summed E-state index contributed by atoms with van der Waals surface area (Å²) in [7, 11) is 0. The number of esters is 1. The molecular weight excluding hydrogens is 604 g/mol. The van der Waals surface area contributed by atoms with Crippen molar-refractivity contribution in [2.75, 3.05) is 0 Å². The lowest BCUT2D eigenvalue weighted by molar-refractivity contribution is -0.129. The largest absolute Gasteiger partial charge is 0.487 e. The Labute approximate surface area is 216 Å². The maximum atomic E-state index is 12.3. The zero-order chi connectivity index (χ0) is 22.8. The van der Waals surface area contributed by atoms with E-state index in [2.05, 4.69) is 36.9 Å². The van der Waals surface area contributed by atoms with Gasteiger partial charge in [0.2, 0.25) is 5.90 Å². The number of hydrogen-bond acceptors (Lipinski definition) is 4. The summed E-state index contributed by atoms with van der Waals surface area (Å²) in [5.41, 5.74) is 2.30. The molecule has 1 aliphatic heterocycles. The summed E-state index contributed by atoms with van der Waals surface area (Å²) in [6.45, 7) is 0.347. The van der Waals surface area contributed by atoms with Gasteiger partial charge in [-0.15, -0.1) is 0 Å². The normalized spacial score (nSPS) is 14.5. The van der Waals surface area contributed by atoms with Gasteiger partial charge in [0, 0.05) is 10.0 Å². The van der Waals surface area contributed by atoms with E-state index in [0.717, 1.165) is 11.1 Å². The molecule has 0 fully saturated rings. The molecule has 0 bridgehead atoms. The van der Waals surface area contributed by atoms with E-state index in [1.54, 1.807) is 24.3 Å². The Balaban J connectivity index is 1.57. The highest BCUT2D eigenvalue weighted by Gasteiger charge is 2.26. The SMILES string of the molecule is O=C1OC(c2ccc(Cl)cc2Cl)=N/C1=C\c1cc(Br)c(OCc2cccc(Cl)c2)c(Br)c1. The molecule has 0 unspecified atom stereocenters. The van der Waals surface area contributed by atoms with Crippen molar-refractivity contribution in [1.82, 2.24) is 0 Å². The highest BCUT2D eigenvalue weighted by atomic mass is 79.9. The molecule has 0 radical (unpaired) electrons. The van der Waals surface area contributed by atoms with E-state index in [9.17, 15) is 4.79 Å². The molecule has 32 heavy (non-hydrogen) atoms. The standard InChI is InChI=1S/C23H12Br2Cl3NO3/c24-17-7-13(8-18(25)21(17)31-11-12-2-1-3-14(26)6-12)9-20-23(30)32-22(29-20)16-5-4-15(27)10-19(16)28/h1-10H,11H2/b20-9-. The lowest BCUT2D eigenvalue weighted by Gasteiger charge is -2.11. The van der Waals surface area contributed by atoms with E-state index in [4.69, 9.17) is 44.3 Å². The van der Waals surface area contributed by atoms with Gasteiger partial charge in [0.1, 0.15) is 12.4 Å². The molecule has 3 aromatic carbocycles. The number of halogens is 5. The smallest absolute Gasteiger partial charge is 0.363 e. The van der Waals surface area contributed by atoms with E-state index in [0.29, 0.717) is 41.9 Å². The average Bonchev–Trinajstić information content (AvgIpc) is 3.07. The van der Waals surface area contributed by atoms with Gasteiger partial charge in [0.25, 0.3) is 0 Å². The van der Waals surface area contributed by atoms with Crippen LogP contribution >= 0.6 is 66.7 Å². The van der Waals surface area contributed by atoms with Crippen LogP contribution in [0.1, 0.15) is 16.7 Å². The second-order valence-corrected chi connectivity index (χ2v) is 9.68. The Kier molecular flexibility index (Phi) is 7.27. The van der Waals surface area contributed by atoms with Crippen molar-refractivity contribution in [3.8, 4) is 5.75 Å². The van der Waals surface area contributed by atoms with Crippen molar-refractivity contribution in [3.63, 3.8) is 0 Å². The zero-order valence-corrected chi connectivity index (χ0v) is 21.5. The number of carbonyl (C=O) groups is 1. The van der Waals surface area contributed by atoms with Crippen LogP contribution in [0.2, 0.25) is 15.1 Å². The van der Waals surface area contributed by atoms with Gasteiger partial charge in [-0.2, -0.15) is 0 Å². The second kappa shape index (κ2) is 9.98. The van der Waals surface area contributed by atoms with E-state index >= 15 is 0 Å². The monoisotopic (exact) mass is 613 g/mol. The third kappa shape index (κ3) is 5.38. The number of carbonyl (C=O) groups excluding carboxylic acids is 1. The molecule has 4 nitrogen and oxygen atoms in total. The van der Waals surface area contributed by atoms with Crippen LogP contribution in [0.15, 0.2) is 74.2 Å². The van der Waals surface area contributed by atoms with Crippen molar-refractivity contribution in [1.29, 1.82) is 0 Å². The van der Waals surface area contributed by atoms with Gasteiger partial charge in [-0.05, 0) is 91.5 Å². The molecule has 0 aromatic heterocycles. The lowest BCUT2D eigenvalue weighted by atomic mass is 10.2. The zero-order valence-electron chi connectivity index (χ0n) is 16.0. The number of ether oxygens (including phenoxy) is 2. The minimum atomic E-state index is -0.570. The second-order valence-electron chi connectivity index (χ2n) is 6.69. The van der Waals surface area contributed by atoms with Gasteiger partial charge < -0.3 is 9.47 Å². The minimum absolute atomic E-state index is 0.127. The number of nitrogens with zero attached hydrogens (tertiary/aromatic N) is 1. The van der Waals surface area contributed by atoms with Crippen LogP contribution in [0.4, 0.5) is 0 Å². The average molecular weight is 617 g/mol. The van der Waals surface area contributed by atoms with Crippen molar-refractivity contribution in [2.45, 2.75) is 6.61 Å². The molecule has 162 valence electrons. The lowest BCUT2D eigenvalue weighted by Crippen LogP contribution is -2.05. The molecular formula is C23H12Br2Cl3NO3. The predicted octanol–water partition coefficient (Wildman–Crippen LogP) is 8.10. The molecule has 4 rings (SSSR count). The molecule has 0 saturated heterocycles. The summed E-state index contributed by atoms with van der Waals surface area (Å²) in [6.07, 6.45) is 1.62. The van der Waals surface area contributed by atoms with Gasteiger partial charge in [-0.25, -0.2) is 9.79 Å². The first-order chi connectivity index (χ1) is 15.3. The fraction of sp³-hybridized carbons (Fsp3) is 0.0435. The molecule has 9 heteroatoms. The Hall–Kier alpha value is -1.83. The predicted molar refractivity (Wildman–Crippen MR) is 135 cm³/mol. The van der Waals surface area contributed by atoms with Crippen LogP contribution in [0.5, 0.6) is 5.75 Å². The summed E-state index contributed by atoms with van der Waals surface area (Å²) >= 11 is 25.2. The molecule has 1 heterocycles. The molecule has 0 amide bonds. The van der Waals surface area contributed by atoms with Crippen molar-refractivity contribution < 1.29 is 14.3 Å². The Morgan fingerprint density at radius 3 is 2.38 bits per heavy atom. The van der Waals surface area contributed by atoms with Crippen LogP contribution in [0, 0.1) is 0 Å². The third-order valence-corrected chi connectivity index (χ3v) is 6.34. The maximum absolute atomic E-state index is 12.3. The maximum Gasteiger partial charge on any atom is 0.363 e. The number of rotatable bonds is 5. The van der Waals surface area contributed by atoms with Gasteiger partial charge in [0.05, 0.1) is 19.5 Å². The van der Waals surface area contributed by atoms with Crippen LogP contribution < -0.4 is 4.74 Å². The molecule has 0 N–H and O–H groups in total. The summed E-state index contributed by atoms with van der Waals surface area (Å²) < 4.78 is 12.6. The Morgan fingerprint density at radius 1 is 0.969 bits per heavy atom. The van der Waals surface area contributed by atoms with E-state index in [1.165, 1.54) is 0 Å². The van der Waals surface area contributed by atoms with Gasteiger partial charge in [-0.1, -0.05) is 46.9 Å². The molecule has 0 atom stereocenters. The topological polar surface area (TPSA) is 47.9 Å². The van der Waals surface area contributed by atoms with Gasteiger partial charge in [-0.3, -0.25) is 0 Å². The third-order valence-electron chi connectivity index (χ3n) is 4.38. The summed E-state index contributed by atoms with van der Waals surface area (Å²) in [5, 5.41) is 1.47. The van der Waals surface area contributed by atoms with Crippen molar-refractivity contribution in [2.24, 2.45) is 4.99 Å². The van der Waals surface area contributed by atoms with E-state index in [-0.39, 0.29) is 11.6 Å². The first kappa shape index (κ1) is 23.3. The molecule has 0 spiro atoms. The highest BCUT2D eigenvalue weighted by Crippen LogP contribution is 2.36. The van der Waals surface area contributed by atoms with Gasteiger partial charge in [0.15, 0.2) is 5.70 Å². The number of aliphatic imine (C=N–C) groups is 1.